The summed E-state index contributed by atoms with van der Waals surface area (Å²) >= 11 is 0. The molecule has 0 rings (SSSR count). The van der Waals surface area contributed by atoms with Crippen molar-refractivity contribution in [1.29, 1.82) is 0 Å². The van der Waals surface area contributed by atoms with Gasteiger partial charge < -0.3 is 37.6 Å². The molecule has 0 heterocycles. The van der Waals surface area contributed by atoms with E-state index >= 15 is 0 Å². The van der Waals surface area contributed by atoms with E-state index in [2.05, 4.69) is 16.0 Å². The quantitative estimate of drug-likeness (QED) is 0.150. The highest BCUT2D eigenvalue weighted by atomic mass is 16.4. The zero-order valence-electron chi connectivity index (χ0n) is 20.0. The topological polar surface area (TPSA) is 214 Å². The van der Waals surface area contributed by atoms with E-state index in [4.69, 9.17) is 11.5 Å². The number of hydrogen-bond acceptors (Lipinski definition) is 7. The number of amides is 4. The Labute approximate surface area is 194 Å². The largest absolute Gasteiger partial charge is 0.480 e. The second-order valence-electron chi connectivity index (χ2n) is 8.73. The van der Waals surface area contributed by atoms with Crippen molar-refractivity contribution in [3.63, 3.8) is 0 Å². The van der Waals surface area contributed by atoms with Crippen LogP contribution < -0.4 is 27.4 Å². The van der Waals surface area contributed by atoms with E-state index in [-0.39, 0.29) is 31.1 Å². The van der Waals surface area contributed by atoms with E-state index < -0.39 is 59.9 Å². The summed E-state index contributed by atoms with van der Waals surface area (Å²) in [6.45, 7) is 8.63. The zero-order valence-corrected chi connectivity index (χ0v) is 20.0. The van der Waals surface area contributed by atoms with Crippen LogP contribution in [0.4, 0.5) is 0 Å². The van der Waals surface area contributed by atoms with Gasteiger partial charge in [0.05, 0.1) is 12.1 Å². The fourth-order valence-electron chi connectivity index (χ4n) is 2.95. The number of carboxylic acid groups (broad SMARTS) is 1. The van der Waals surface area contributed by atoms with Crippen molar-refractivity contribution in [2.75, 3.05) is 0 Å². The maximum atomic E-state index is 12.9. The van der Waals surface area contributed by atoms with Gasteiger partial charge in [0, 0.05) is 6.42 Å². The predicted molar refractivity (Wildman–Crippen MR) is 120 cm³/mol. The maximum Gasteiger partial charge on any atom is 0.326 e. The minimum Gasteiger partial charge on any atom is -0.480 e. The van der Waals surface area contributed by atoms with Crippen molar-refractivity contribution in [3.05, 3.63) is 0 Å². The Bertz CT molecular complexity index is 698. The smallest absolute Gasteiger partial charge is 0.326 e. The van der Waals surface area contributed by atoms with Crippen molar-refractivity contribution in [2.24, 2.45) is 23.3 Å². The summed E-state index contributed by atoms with van der Waals surface area (Å²) in [7, 11) is 0. The zero-order chi connectivity index (χ0) is 25.9. The number of nitrogens with two attached hydrogens (primary N) is 2. The molecule has 9 N–H and O–H groups in total. The Morgan fingerprint density at radius 3 is 1.85 bits per heavy atom. The summed E-state index contributed by atoms with van der Waals surface area (Å²) in [4.78, 5) is 60.3. The first kappa shape index (κ1) is 30.3. The van der Waals surface area contributed by atoms with Crippen LogP contribution in [0.2, 0.25) is 0 Å². The highest BCUT2D eigenvalue weighted by molar-refractivity contribution is 5.94. The molecule has 0 saturated carbocycles. The minimum atomic E-state index is -1.50. The number of nitrogens with one attached hydrogen (secondary N) is 3. The fraction of sp³-hybridized carbons (Fsp3) is 0.762. The molecule has 0 fully saturated rings. The third-order valence-electron chi connectivity index (χ3n) is 5.26. The van der Waals surface area contributed by atoms with Crippen LogP contribution in [0.1, 0.15) is 60.3 Å². The molecule has 0 aromatic rings. The van der Waals surface area contributed by atoms with E-state index in [0.717, 1.165) is 0 Å². The third kappa shape index (κ3) is 11.1. The van der Waals surface area contributed by atoms with Gasteiger partial charge in [-0.3, -0.25) is 19.2 Å². The van der Waals surface area contributed by atoms with Crippen molar-refractivity contribution in [3.8, 4) is 0 Å². The van der Waals surface area contributed by atoms with Gasteiger partial charge in [0.2, 0.25) is 23.6 Å². The fourth-order valence-corrected chi connectivity index (χ4v) is 2.95. The van der Waals surface area contributed by atoms with Crippen molar-refractivity contribution in [1.82, 2.24) is 16.0 Å². The van der Waals surface area contributed by atoms with E-state index in [1.165, 1.54) is 6.92 Å². The number of carboxylic acids is 1. The summed E-state index contributed by atoms with van der Waals surface area (Å²) in [6, 6.07) is -4.78. The lowest BCUT2D eigenvalue weighted by molar-refractivity contribution is -0.143. The van der Waals surface area contributed by atoms with Gasteiger partial charge in [0.15, 0.2) is 0 Å². The highest BCUT2D eigenvalue weighted by Gasteiger charge is 2.33. The van der Waals surface area contributed by atoms with Crippen LogP contribution in [-0.4, -0.2) is 70.1 Å². The first-order chi connectivity index (χ1) is 15.2. The molecule has 6 atom stereocenters. The Hall–Kier alpha value is -2.73. The van der Waals surface area contributed by atoms with Crippen molar-refractivity contribution >= 4 is 29.6 Å². The van der Waals surface area contributed by atoms with Gasteiger partial charge >= 0.3 is 5.97 Å². The molecule has 0 bridgehead atoms. The predicted octanol–water partition coefficient (Wildman–Crippen LogP) is -1.41. The van der Waals surface area contributed by atoms with Gasteiger partial charge in [0.25, 0.3) is 0 Å². The van der Waals surface area contributed by atoms with Gasteiger partial charge in [0.1, 0.15) is 18.1 Å². The van der Waals surface area contributed by atoms with Crippen molar-refractivity contribution < 1.29 is 34.2 Å². The Morgan fingerprint density at radius 2 is 1.42 bits per heavy atom. The minimum absolute atomic E-state index is 0.00453. The molecule has 12 nitrogen and oxygen atoms in total. The molecule has 0 aliphatic carbocycles. The standard InChI is InChI=1S/C21H39N5O7/c1-6-11(4)16(23)19(30)25-14(9-10(2)3)18(29)26-17(12(5)27)20(31)24-13(21(32)33)7-8-15(22)28/h10-14,16-17,27H,6-9,23H2,1-5H3,(H2,22,28)(H,24,31)(H,25,30)(H,26,29)(H,32,33). The van der Waals surface area contributed by atoms with Gasteiger partial charge in [-0.05, 0) is 31.6 Å². The molecular formula is C21H39N5O7. The summed E-state index contributed by atoms with van der Waals surface area (Å²) in [6.07, 6.45) is -0.995. The average molecular weight is 474 g/mol. The summed E-state index contributed by atoms with van der Waals surface area (Å²) in [5, 5.41) is 26.5. The highest BCUT2D eigenvalue weighted by Crippen LogP contribution is 2.10. The number of aliphatic hydroxyl groups is 1. The van der Waals surface area contributed by atoms with Crippen LogP contribution in [0.15, 0.2) is 0 Å². The van der Waals surface area contributed by atoms with Crippen LogP contribution >= 0.6 is 0 Å². The third-order valence-corrected chi connectivity index (χ3v) is 5.26. The van der Waals surface area contributed by atoms with Crippen LogP contribution in [-0.2, 0) is 24.0 Å². The number of carbonyl (C=O) groups is 5. The number of hydrogen-bond donors (Lipinski definition) is 7. The molecule has 0 saturated heterocycles. The van der Waals surface area contributed by atoms with Crippen LogP contribution in [0.3, 0.4) is 0 Å². The first-order valence-corrected chi connectivity index (χ1v) is 11.1. The molecule has 0 aromatic carbocycles. The molecule has 0 aliphatic heterocycles. The molecule has 0 aromatic heterocycles. The normalized spacial score (nSPS) is 16.6. The number of aliphatic hydroxyl groups excluding tert-OH is 1. The van der Waals surface area contributed by atoms with E-state index in [1.54, 1.807) is 0 Å². The summed E-state index contributed by atoms with van der Waals surface area (Å²) < 4.78 is 0. The molecule has 190 valence electrons. The van der Waals surface area contributed by atoms with Gasteiger partial charge in [-0.15, -0.1) is 0 Å². The van der Waals surface area contributed by atoms with E-state index in [9.17, 15) is 34.2 Å². The Kier molecular flexibility index (Phi) is 13.2. The number of rotatable bonds is 15. The summed E-state index contributed by atoms with van der Waals surface area (Å²) in [5.74, 6) is -4.44. The van der Waals surface area contributed by atoms with Crippen LogP contribution in [0, 0.1) is 11.8 Å². The Morgan fingerprint density at radius 1 is 0.879 bits per heavy atom. The molecule has 33 heavy (non-hydrogen) atoms. The molecule has 0 aliphatic rings. The molecule has 12 heteroatoms. The van der Waals surface area contributed by atoms with Crippen molar-refractivity contribution in [2.45, 2.75) is 90.6 Å². The number of aliphatic carboxylic acids is 1. The second kappa shape index (κ2) is 14.4. The number of primary amides is 1. The molecule has 0 spiro atoms. The molecular weight excluding hydrogens is 434 g/mol. The Balaban J connectivity index is 5.46. The molecule has 4 amide bonds. The van der Waals surface area contributed by atoms with Crippen LogP contribution in [0.25, 0.3) is 0 Å². The van der Waals surface area contributed by atoms with Gasteiger partial charge in [-0.25, -0.2) is 4.79 Å². The molecule has 6 unspecified atom stereocenters. The van der Waals surface area contributed by atoms with Crippen LogP contribution in [0.5, 0.6) is 0 Å². The lowest BCUT2D eigenvalue weighted by Gasteiger charge is -2.27. The monoisotopic (exact) mass is 473 g/mol. The lowest BCUT2D eigenvalue weighted by atomic mass is 9.97. The van der Waals surface area contributed by atoms with Gasteiger partial charge in [-0.1, -0.05) is 34.1 Å². The lowest BCUT2D eigenvalue weighted by Crippen LogP contribution is -2.60. The first-order valence-electron chi connectivity index (χ1n) is 11.1. The molecule has 0 radical (unpaired) electrons. The maximum absolute atomic E-state index is 12.9. The average Bonchev–Trinajstić information content (AvgIpc) is 2.71. The van der Waals surface area contributed by atoms with Gasteiger partial charge in [-0.2, -0.15) is 0 Å². The van der Waals surface area contributed by atoms with E-state index in [0.29, 0.717) is 6.42 Å². The summed E-state index contributed by atoms with van der Waals surface area (Å²) in [5.41, 5.74) is 11.0. The SMILES string of the molecule is CCC(C)C(N)C(=O)NC(CC(C)C)C(=O)NC(C(=O)NC(CCC(N)=O)C(=O)O)C(C)O. The second-order valence-corrected chi connectivity index (χ2v) is 8.73. The number of carbonyl (C=O) groups excluding carboxylic acids is 4. The van der Waals surface area contributed by atoms with E-state index in [1.807, 2.05) is 27.7 Å².